The monoisotopic (exact) mass is 375 g/mol. The summed E-state index contributed by atoms with van der Waals surface area (Å²) >= 11 is 0. The van der Waals surface area contributed by atoms with Gasteiger partial charge >= 0.3 is 5.97 Å². The summed E-state index contributed by atoms with van der Waals surface area (Å²) in [5.41, 5.74) is -0.961. The first kappa shape index (κ1) is 17.2. The van der Waals surface area contributed by atoms with Gasteiger partial charge in [0.2, 0.25) is 0 Å². The molecule has 8 unspecified atom stereocenters. The van der Waals surface area contributed by atoms with Crippen molar-refractivity contribution in [2.45, 2.75) is 70.4 Å². The van der Waals surface area contributed by atoms with E-state index in [1.54, 1.807) is 0 Å². The van der Waals surface area contributed by atoms with E-state index in [1.807, 2.05) is 27.7 Å². The predicted molar refractivity (Wildman–Crippen MR) is 93.5 cm³/mol. The van der Waals surface area contributed by atoms with Crippen LogP contribution in [0.5, 0.6) is 0 Å². The van der Waals surface area contributed by atoms with Crippen molar-refractivity contribution in [3.63, 3.8) is 0 Å². The molecule has 6 aliphatic rings. The fourth-order valence-electron chi connectivity index (χ4n) is 5.74. The lowest BCUT2D eigenvalue weighted by Gasteiger charge is -2.54. The number of ether oxygens (including phenoxy) is 2. The maximum atomic E-state index is 13.2. The van der Waals surface area contributed by atoms with Crippen molar-refractivity contribution in [1.82, 2.24) is 0 Å². The van der Waals surface area contributed by atoms with Crippen molar-refractivity contribution in [1.29, 1.82) is 0 Å². The number of nitrogens with zero attached hydrogens (tertiary/aromatic N) is 1. The first-order chi connectivity index (χ1) is 12.7. The maximum absolute atomic E-state index is 13.2. The molecule has 0 amide bonds. The number of Topliss-reactive ketones (excluding diaryl/α,β-unsaturated/α-hetero) is 1. The van der Waals surface area contributed by atoms with Crippen LogP contribution in [-0.2, 0) is 23.9 Å². The van der Waals surface area contributed by atoms with Gasteiger partial charge in [-0.25, -0.2) is 4.79 Å². The fraction of sp³-hybridized carbons (Fsp3) is 0.750. The molecule has 4 heterocycles. The second kappa shape index (κ2) is 5.13. The van der Waals surface area contributed by atoms with E-state index < -0.39 is 35.3 Å². The van der Waals surface area contributed by atoms with Gasteiger partial charge < -0.3 is 19.4 Å². The fourth-order valence-corrected chi connectivity index (χ4v) is 5.74. The number of hydrogen-bond donors (Lipinski definition) is 1. The van der Waals surface area contributed by atoms with Gasteiger partial charge in [-0.15, -0.1) is 0 Å². The van der Waals surface area contributed by atoms with Crippen LogP contribution >= 0.6 is 0 Å². The molecular weight excluding hydrogens is 350 g/mol. The molecule has 7 bridgehead atoms. The van der Waals surface area contributed by atoms with Crippen LogP contribution in [0.15, 0.2) is 16.5 Å². The molecular formula is C20H25NO6. The van der Waals surface area contributed by atoms with E-state index in [2.05, 4.69) is 5.16 Å². The molecule has 2 aliphatic carbocycles. The largest absolute Gasteiger partial charge is 0.486 e. The van der Waals surface area contributed by atoms with E-state index in [4.69, 9.17) is 14.3 Å². The Morgan fingerprint density at radius 3 is 2.70 bits per heavy atom. The van der Waals surface area contributed by atoms with Crippen molar-refractivity contribution >= 4 is 17.5 Å². The molecule has 7 nitrogen and oxygen atoms in total. The lowest BCUT2D eigenvalue weighted by Crippen LogP contribution is -2.66. The smallest absolute Gasteiger partial charge is 0.346 e. The van der Waals surface area contributed by atoms with Gasteiger partial charge in [-0.3, -0.25) is 4.79 Å². The van der Waals surface area contributed by atoms with E-state index in [9.17, 15) is 14.7 Å². The Balaban J connectivity index is 1.73. The van der Waals surface area contributed by atoms with Gasteiger partial charge in [0, 0.05) is 18.8 Å². The predicted octanol–water partition coefficient (Wildman–Crippen LogP) is 1.73. The number of carbonyl (C=O) groups excluding carboxylic acids is 2. The quantitative estimate of drug-likeness (QED) is 0.512. The van der Waals surface area contributed by atoms with Gasteiger partial charge in [0.25, 0.3) is 0 Å². The summed E-state index contributed by atoms with van der Waals surface area (Å²) < 4.78 is 11.9. The third-order valence-electron chi connectivity index (χ3n) is 7.42. The summed E-state index contributed by atoms with van der Waals surface area (Å²) in [5.74, 6) is -1.41. The zero-order valence-corrected chi connectivity index (χ0v) is 16.0. The minimum Gasteiger partial charge on any atom is -0.486 e. The molecule has 8 atom stereocenters. The summed E-state index contributed by atoms with van der Waals surface area (Å²) in [5, 5.41) is 15.4. The van der Waals surface area contributed by atoms with Crippen LogP contribution in [0.1, 0.15) is 47.0 Å². The Labute approximate surface area is 157 Å². The molecule has 27 heavy (non-hydrogen) atoms. The summed E-state index contributed by atoms with van der Waals surface area (Å²) in [7, 11) is 0. The number of ketones is 1. The normalized spacial score (nSPS) is 50.6. The molecule has 0 radical (unpaired) electrons. The standard InChI is InChI=1S/C20H25NO6/c1-8-5-10(3)19(4)7-11(21-27-19)13-15(23)16-9(2)6-20(13)17(25-16)12(14(8)22)18(24)26-20/h8-10,13,15-16,23H,5-7H2,1-4H3. The highest BCUT2D eigenvalue weighted by molar-refractivity contribution is 6.20. The number of oxime groups is 1. The van der Waals surface area contributed by atoms with Crippen LogP contribution in [-0.4, -0.2) is 46.0 Å². The summed E-state index contributed by atoms with van der Waals surface area (Å²) in [6, 6.07) is 0. The highest BCUT2D eigenvalue weighted by Crippen LogP contribution is 2.58. The molecule has 1 spiro atoms. The molecule has 1 saturated carbocycles. The zero-order chi connectivity index (χ0) is 19.3. The summed E-state index contributed by atoms with van der Waals surface area (Å²) in [4.78, 5) is 31.8. The van der Waals surface area contributed by atoms with E-state index in [0.717, 1.165) is 0 Å². The third kappa shape index (κ3) is 1.98. The first-order valence-electron chi connectivity index (χ1n) is 9.80. The van der Waals surface area contributed by atoms with E-state index >= 15 is 0 Å². The van der Waals surface area contributed by atoms with Crippen LogP contribution < -0.4 is 0 Å². The third-order valence-corrected chi connectivity index (χ3v) is 7.42. The van der Waals surface area contributed by atoms with Crippen molar-refractivity contribution < 1.29 is 29.0 Å². The molecule has 3 fully saturated rings. The molecule has 0 aromatic heterocycles. The molecule has 2 saturated heterocycles. The minimum atomic E-state index is -1.16. The van der Waals surface area contributed by atoms with Crippen molar-refractivity contribution in [3.8, 4) is 0 Å². The number of aliphatic hydroxyl groups excluding tert-OH is 1. The van der Waals surface area contributed by atoms with Crippen molar-refractivity contribution in [2.75, 3.05) is 0 Å². The summed E-state index contributed by atoms with van der Waals surface area (Å²) in [6.45, 7) is 7.84. The number of hydrogen-bond acceptors (Lipinski definition) is 7. The Morgan fingerprint density at radius 1 is 1.22 bits per heavy atom. The average Bonchev–Trinajstić information content (AvgIpc) is 3.11. The Bertz CT molecular complexity index is 817. The molecule has 146 valence electrons. The minimum absolute atomic E-state index is 0.00182. The van der Waals surface area contributed by atoms with Crippen LogP contribution in [0, 0.1) is 23.7 Å². The van der Waals surface area contributed by atoms with Gasteiger partial charge in [-0.2, -0.15) is 0 Å². The molecule has 4 aliphatic heterocycles. The number of carbonyl (C=O) groups is 2. The Hall–Kier alpha value is -1.89. The SMILES string of the molecule is CC1CC(C)C2(C)CC(=NO2)C2C(O)C3OC4=C(C(=O)OC42CC3C)C1=O. The van der Waals surface area contributed by atoms with Gasteiger partial charge in [-0.1, -0.05) is 25.9 Å². The lowest BCUT2D eigenvalue weighted by atomic mass is 9.62. The van der Waals surface area contributed by atoms with Gasteiger partial charge in [-0.05, 0) is 25.2 Å². The number of rotatable bonds is 0. The summed E-state index contributed by atoms with van der Waals surface area (Å²) in [6.07, 6.45) is 0.268. The van der Waals surface area contributed by atoms with E-state index in [-0.39, 0.29) is 29.1 Å². The lowest BCUT2D eigenvalue weighted by molar-refractivity contribution is -0.216. The molecule has 1 N–H and O–H groups in total. The van der Waals surface area contributed by atoms with E-state index in [1.165, 1.54) is 0 Å². The first-order valence-corrected chi connectivity index (χ1v) is 9.80. The van der Waals surface area contributed by atoms with Crippen LogP contribution in [0.3, 0.4) is 0 Å². The number of fused-ring (bicyclic) bond motifs is 3. The highest BCUT2D eigenvalue weighted by Gasteiger charge is 2.70. The van der Waals surface area contributed by atoms with Gasteiger partial charge in [0.1, 0.15) is 23.4 Å². The second-order valence-electron chi connectivity index (χ2n) is 9.28. The second-order valence-corrected chi connectivity index (χ2v) is 9.28. The van der Waals surface area contributed by atoms with E-state index in [0.29, 0.717) is 30.7 Å². The average molecular weight is 375 g/mol. The number of aliphatic hydroxyl groups is 1. The van der Waals surface area contributed by atoms with Gasteiger partial charge in [0.15, 0.2) is 17.1 Å². The highest BCUT2D eigenvalue weighted by atomic mass is 16.7. The molecule has 0 aromatic carbocycles. The Morgan fingerprint density at radius 2 is 1.96 bits per heavy atom. The van der Waals surface area contributed by atoms with Crippen molar-refractivity contribution in [2.24, 2.45) is 28.8 Å². The van der Waals surface area contributed by atoms with Crippen LogP contribution in [0.2, 0.25) is 0 Å². The molecule has 0 aromatic rings. The maximum Gasteiger partial charge on any atom is 0.346 e. The molecule has 7 heteroatoms. The molecule has 6 rings (SSSR count). The number of esters is 1. The van der Waals surface area contributed by atoms with Crippen molar-refractivity contribution in [3.05, 3.63) is 11.3 Å². The topological polar surface area (TPSA) is 94.4 Å². The van der Waals surface area contributed by atoms with Crippen LogP contribution in [0.25, 0.3) is 0 Å². The van der Waals surface area contributed by atoms with Gasteiger partial charge in [0.05, 0.1) is 11.6 Å². The Kier molecular flexibility index (Phi) is 3.27. The van der Waals surface area contributed by atoms with Crippen LogP contribution in [0.4, 0.5) is 0 Å². The zero-order valence-electron chi connectivity index (χ0n) is 16.0.